The predicted molar refractivity (Wildman–Crippen MR) is 419 cm³/mol. The van der Waals surface area contributed by atoms with E-state index in [9.17, 15) is 43.2 Å². The summed E-state index contributed by atoms with van der Waals surface area (Å²) in [6.07, 6.45) is 70.9. The standard InChI is InChI=1S/C83H162O17P2/c1-5-9-13-17-21-25-28-31-33-35-37-38-40-42-44-47-50-54-58-62-66-70-83(88)100-79(74-94-81(86)68-64-60-56-52-48-46-43-41-39-36-34-32-29-26-22-18-14-10-6-2)76-98-102(91,92)96-72-77(84)71-95-101(89,90)97-75-78(73-93-80(85)67-63-59-55-51-24-20-16-12-8-4)99-82(87)69-65-61-57-53-49-45-30-27-23-19-15-11-7-3/h77-79,84H,5-76H2,1-4H3,(H,89,90)(H,91,92)/t77-,78+,79+/m0/s1. The van der Waals surface area contributed by atoms with Crippen LogP contribution in [0.4, 0.5) is 0 Å². The van der Waals surface area contributed by atoms with Gasteiger partial charge in [-0.1, -0.05) is 400 Å². The Hall–Kier alpha value is -1.94. The molecule has 0 rings (SSSR count). The molecule has 606 valence electrons. The lowest BCUT2D eigenvalue weighted by atomic mass is 10.0. The van der Waals surface area contributed by atoms with Crippen molar-refractivity contribution in [3.05, 3.63) is 0 Å². The maximum atomic E-state index is 13.1. The van der Waals surface area contributed by atoms with Crippen molar-refractivity contribution < 1.29 is 80.2 Å². The number of phosphoric ester groups is 2. The fourth-order valence-corrected chi connectivity index (χ4v) is 14.6. The second-order valence-corrected chi connectivity index (χ2v) is 32.8. The SMILES string of the molecule is CCCCCCCCCCCCCCCCCCCCCCCC(=O)O[C@H](COC(=O)CCCCCCCCCCCCCCCCCCCCC)COP(=O)(O)OC[C@@H](O)COP(=O)(O)OC[C@@H](COC(=O)CCCCCCCCCCC)OC(=O)CCCCCCCCCCCCCCC. The van der Waals surface area contributed by atoms with Crippen molar-refractivity contribution in [2.24, 2.45) is 0 Å². The first-order valence-electron chi connectivity index (χ1n) is 43.3. The van der Waals surface area contributed by atoms with Crippen molar-refractivity contribution >= 4 is 39.5 Å². The predicted octanol–water partition coefficient (Wildman–Crippen LogP) is 25.4. The lowest BCUT2D eigenvalue weighted by Gasteiger charge is -2.21. The zero-order valence-corrected chi connectivity index (χ0v) is 68.4. The molecule has 0 aromatic rings. The Labute approximate surface area is 626 Å². The van der Waals surface area contributed by atoms with E-state index in [-0.39, 0.29) is 25.7 Å². The highest BCUT2D eigenvalue weighted by molar-refractivity contribution is 7.47. The number of hydrogen-bond acceptors (Lipinski definition) is 15. The molecule has 3 N–H and O–H groups in total. The van der Waals surface area contributed by atoms with Crippen LogP contribution < -0.4 is 0 Å². The summed E-state index contributed by atoms with van der Waals surface area (Å²) >= 11 is 0. The van der Waals surface area contributed by atoms with Crippen LogP contribution in [-0.2, 0) is 65.4 Å². The minimum absolute atomic E-state index is 0.108. The van der Waals surface area contributed by atoms with Gasteiger partial charge in [0.25, 0.3) is 0 Å². The van der Waals surface area contributed by atoms with E-state index in [2.05, 4.69) is 27.7 Å². The van der Waals surface area contributed by atoms with E-state index in [1.165, 1.54) is 283 Å². The molecule has 2 unspecified atom stereocenters. The molecule has 0 aliphatic rings. The van der Waals surface area contributed by atoms with Gasteiger partial charge in [-0.15, -0.1) is 0 Å². The Bertz CT molecular complexity index is 1930. The van der Waals surface area contributed by atoms with Crippen molar-refractivity contribution in [3.8, 4) is 0 Å². The molecule has 0 spiro atoms. The molecule has 0 bridgehead atoms. The summed E-state index contributed by atoms with van der Waals surface area (Å²) in [5.41, 5.74) is 0. The summed E-state index contributed by atoms with van der Waals surface area (Å²) in [6, 6.07) is 0. The molecule has 0 saturated heterocycles. The summed E-state index contributed by atoms with van der Waals surface area (Å²) < 4.78 is 68.7. The van der Waals surface area contributed by atoms with Crippen LogP contribution >= 0.6 is 15.6 Å². The summed E-state index contributed by atoms with van der Waals surface area (Å²) in [6.45, 7) is 5.02. The third-order valence-electron chi connectivity index (χ3n) is 19.6. The number of carbonyl (C=O) groups excluding carboxylic acids is 4. The number of carbonyl (C=O) groups is 4. The summed E-state index contributed by atoms with van der Waals surface area (Å²) in [5.74, 6) is -2.10. The van der Waals surface area contributed by atoms with E-state index in [1.807, 2.05) is 0 Å². The van der Waals surface area contributed by atoms with E-state index in [4.69, 9.17) is 37.0 Å². The third-order valence-corrected chi connectivity index (χ3v) is 21.5. The molecule has 19 heteroatoms. The van der Waals surface area contributed by atoms with Gasteiger partial charge in [0.1, 0.15) is 19.3 Å². The van der Waals surface area contributed by atoms with Gasteiger partial charge in [0.05, 0.1) is 26.4 Å². The number of rotatable bonds is 84. The molecule has 102 heavy (non-hydrogen) atoms. The maximum Gasteiger partial charge on any atom is 0.472 e. The number of ether oxygens (including phenoxy) is 4. The average Bonchev–Trinajstić information content (AvgIpc) is 0.906. The zero-order valence-electron chi connectivity index (χ0n) is 66.6. The van der Waals surface area contributed by atoms with Gasteiger partial charge in [0, 0.05) is 25.7 Å². The van der Waals surface area contributed by atoms with E-state index in [0.29, 0.717) is 25.7 Å². The molecule has 0 aromatic carbocycles. The van der Waals surface area contributed by atoms with Crippen molar-refractivity contribution in [2.45, 2.75) is 470 Å². The smallest absolute Gasteiger partial charge is 0.462 e. The Morgan fingerprint density at radius 3 is 0.578 bits per heavy atom. The average molecular weight is 1490 g/mol. The third kappa shape index (κ3) is 76.3. The highest BCUT2D eigenvalue weighted by atomic mass is 31.2. The number of esters is 4. The Balaban J connectivity index is 5.19. The van der Waals surface area contributed by atoms with Crippen LogP contribution in [0.2, 0.25) is 0 Å². The number of unbranched alkanes of at least 4 members (excludes halogenated alkanes) is 58. The lowest BCUT2D eigenvalue weighted by Crippen LogP contribution is -2.30. The maximum absolute atomic E-state index is 13.1. The van der Waals surface area contributed by atoms with Crippen molar-refractivity contribution in [2.75, 3.05) is 39.6 Å². The fourth-order valence-electron chi connectivity index (χ4n) is 13.0. The molecule has 0 radical (unpaired) electrons. The molecule has 0 amide bonds. The number of phosphoric acid groups is 2. The summed E-state index contributed by atoms with van der Waals surface area (Å²) in [4.78, 5) is 73.0. The van der Waals surface area contributed by atoms with Gasteiger partial charge in [-0.2, -0.15) is 0 Å². The van der Waals surface area contributed by atoms with Gasteiger partial charge < -0.3 is 33.8 Å². The molecule has 17 nitrogen and oxygen atoms in total. The number of hydrogen-bond donors (Lipinski definition) is 3. The second kappa shape index (κ2) is 77.2. The first-order chi connectivity index (χ1) is 49.7. The summed E-state index contributed by atoms with van der Waals surface area (Å²) in [7, 11) is -9.92. The normalized spacial score (nSPS) is 13.8. The number of aliphatic hydroxyl groups is 1. The van der Waals surface area contributed by atoms with E-state index < -0.39 is 97.5 Å². The van der Waals surface area contributed by atoms with Gasteiger partial charge in [0.15, 0.2) is 12.2 Å². The molecule has 5 atom stereocenters. The van der Waals surface area contributed by atoms with E-state index in [0.717, 1.165) is 89.9 Å². The molecular formula is C83H162O17P2. The molecule has 0 saturated carbocycles. The van der Waals surface area contributed by atoms with Crippen LogP contribution in [0, 0.1) is 0 Å². The topological polar surface area (TPSA) is 237 Å². The molecule has 0 fully saturated rings. The van der Waals surface area contributed by atoms with Crippen molar-refractivity contribution in [1.29, 1.82) is 0 Å². The fraction of sp³-hybridized carbons (Fsp3) is 0.952. The van der Waals surface area contributed by atoms with Gasteiger partial charge in [-0.05, 0) is 25.7 Å². The van der Waals surface area contributed by atoms with E-state index >= 15 is 0 Å². The van der Waals surface area contributed by atoms with Gasteiger partial charge in [-0.3, -0.25) is 37.3 Å². The minimum atomic E-state index is -4.96. The van der Waals surface area contributed by atoms with Crippen LogP contribution in [0.5, 0.6) is 0 Å². The van der Waals surface area contributed by atoms with Crippen LogP contribution in [0.3, 0.4) is 0 Å². The second-order valence-electron chi connectivity index (χ2n) is 29.9. The number of aliphatic hydroxyl groups excluding tert-OH is 1. The Morgan fingerprint density at radius 2 is 0.392 bits per heavy atom. The zero-order chi connectivity index (χ0) is 74.6. The molecule has 0 aromatic heterocycles. The van der Waals surface area contributed by atoms with Crippen LogP contribution in [0.25, 0.3) is 0 Å². The Kier molecular flexibility index (Phi) is 75.8. The first-order valence-corrected chi connectivity index (χ1v) is 46.3. The quantitative estimate of drug-likeness (QED) is 0.0222. The minimum Gasteiger partial charge on any atom is -0.462 e. The van der Waals surface area contributed by atoms with Crippen LogP contribution in [0.15, 0.2) is 0 Å². The van der Waals surface area contributed by atoms with E-state index in [1.54, 1.807) is 0 Å². The van der Waals surface area contributed by atoms with Crippen molar-refractivity contribution in [1.82, 2.24) is 0 Å². The molecule has 0 aliphatic heterocycles. The monoisotopic (exact) mass is 1490 g/mol. The lowest BCUT2D eigenvalue weighted by molar-refractivity contribution is -0.161. The highest BCUT2D eigenvalue weighted by Crippen LogP contribution is 2.45. The van der Waals surface area contributed by atoms with Crippen LogP contribution in [-0.4, -0.2) is 96.7 Å². The Morgan fingerprint density at radius 1 is 0.235 bits per heavy atom. The first kappa shape index (κ1) is 100. The molecule has 0 heterocycles. The van der Waals surface area contributed by atoms with Gasteiger partial charge >= 0.3 is 39.5 Å². The van der Waals surface area contributed by atoms with Gasteiger partial charge in [-0.25, -0.2) is 9.13 Å². The molecule has 0 aliphatic carbocycles. The van der Waals surface area contributed by atoms with Crippen molar-refractivity contribution in [3.63, 3.8) is 0 Å². The largest absolute Gasteiger partial charge is 0.472 e. The highest BCUT2D eigenvalue weighted by Gasteiger charge is 2.30. The molecular weight excluding hydrogens is 1330 g/mol. The van der Waals surface area contributed by atoms with Crippen LogP contribution in [0.1, 0.15) is 451 Å². The van der Waals surface area contributed by atoms with Gasteiger partial charge in [0.2, 0.25) is 0 Å². The summed E-state index contributed by atoms with van der Waals surface area (Å²) in [5, 5.41) is 10.6.